The van der Waals surface area contributed by atoms with E-state index in [9.17, 15) is 4.39 Å². The summed E-state index contributed by atoms with van der Waals surface area (Å²) in [5.74, 6) is 2.32. The lowest BCUT2D eigenvalue weighted by molar-refractivity contribution is 0.414. The zero-order valence-corrected chi connectivity index (χ0v) is 15.8. The first-order valence-corrected chi connectivity index (χ1v) is 9.46. The molecule has 0 N–H and O–H groups in total. The van der Waals surface area contributed by atoms with Gasteiger partial charge in [-0.2, -0.15) is 0 Å². The van der Waals surface area contributed by atoms with Gasteiger partial charge in [0.25, 0.3) is 0 Å². The van der Waals surface area contributed by atoms with Crippen LogP contribution in [-0.2, 0) is 6.42 Å². The maximum atomic E-state index is 14.6. The van der Waals surface area contributed by atoms with E-state index >= 15 is 0 Å². The van der Waals surface area contributed by atoms with Gasteiger partial charge in [0, 0.05) is 5.56 Å². The SMILES string of the molecule is COc1ccc(F)c(-c2ccc(CC(C)C)cc2[C@H]2CCC[C@H]2C)c1. The minimum atomic E-state index is -0.177. The molecule has 0 aliphatic heterocycles. The third-order valence-electron chi connectivity index (χ3n) is 5.48. The zero-order chi connectivity index (χ0) is 18.0. The van der Waals surface area contributed by atoms with Crippen molar-refractivity contribution in [1.29, 1.82) is 0 Å². The highest BCUT2D eigenvalue weighted by Crippen LogP contribution is 2.44. The largest absolute Gasteiger partial charge is 0.497 e. The van der Waals surface area contributed by atoms with Crippen molar-refractivity contribution in [2.75, 3.05) is 7.11 Å². The Kier molecular flexibility index (Phi) is 5.46. The van der Waals surface area contributed by atoms with Gasteiger partial charge in [0.1, 0.15) is 11.6 Å². The molecule has 0 amide bonds. The van der Waals surface area contributed by atoms with Crippen molar-refractivity contribution in [3.05, 3.63) is 53.3 Å². The Morgan fingerprint density at radius 3 is 2.52 bits per heavy atom. The molecule has 25 heavy (non-hydrogen) atoms. The maximum Gasteiger partial charge on any atom is 0.131 e. The van der Waals surface area contributed by atoms with Crippen LogP contribution in [-0.4, -0.2) is 7.11 Å². The fourth-order valence-corrected chi connectivity index (χ4v) is 4.21. The normalized spacial score (nSPS) is 20.2. The summed E-state index contributed by atoms with van der Waals surface area (Å²) in [6.07, 6.45) is 4.79. The predicted molar refractivity (Wildman–Crippen MR) is 103 cm³/mol. The van der Waals surface area contributed by atoms with Gasteiger partial charge >= 0.3 is 0 Å². The molecule has 3 rings (SSSR count). The first-order chi connectivity index (χ1) is 12.0. The van der Waals surface area contributed by atoms with Gasteiger partial charge in [-0.1, -0.05) is 51.8 Å². The second-order valence-corrected chi connectivity index (χ2v) is 7.88. The molecule has 0 bridgehead atoms. The van der Waals surface area contributed by atoms with E-state index < -0.39 is 0 Å². The number of benzene rings is 2. The van der Waals surface area contributed by atoms with E-state index in [0.717, 1.165) is 12.0 Å². The summed E-state index contributed by atoms with van der Waals surface area (Å²) in [6, 6.07) is 11.6. The molecule has 2 atom stereocenters. The molecule has 134 valence electrons. The van der Waals surface area contributed by atoms with Crippen LogP contribution in [0.5, 0.6) is 5.75 Å². The smallest absolute Gasteiger partial charge is 0.131 e. The molecule has 0 radical (unpaired) electrons. The van der Waals surface area contributed by atoms with Crippen LogP contribution in [0, 0.1) is 17.7 Å². The van der Waals surface area contributed by atoms with Gasteiger partial charge in [-0.05, 0) is 65.5 Å². The Hall–Kier alpha value is -1.83. The second-order valence-electron chi connectivity index (χ2n) is 7.88. The Morgan fingerprint density at radius 1 is 1.08 bits per heavy atom. The Labute approximate surface area is 151 Å². The molecule has 2 aromatic rings. The number of halogens is 1. The van der Waals surface area contributed by atoms with Gasteiger partial charge in [-0.15, -0.1) is 0 Å². The standard InChI is InChI=1S/C23H29FO/c1-15(2)12-17-8-10-20(21(13-17)19-7-5-6-16(19)3)22-14-18(25-4)9-11-23(22)24/h8-11,13-16,19H,5-7,12H2,1-4H3/t16-,19+/m1/s1. The van der Waals surface area contributed by atoms with Gasteiger partial charge < -0.3 is 4.74 Å². The summed E-state index contributed by atoms with van der Waals surface area (Å²) in [7, 11) is 1.63. The van der Waals surface area contributed by atoms with Crippen LogP contribution >= 0.6 is 0 Å². The summed E-state index contributed by atoms with van der Waals surface area (Å²) in [4.78, 5) is 0. The molecule has 2 heteroatoms. The van der Waals surface area contributed by atoms with E-state index in [2.05, 4.69) is 39.0 Å². The number of ether oxygens (including phenoxy) is 1. The molecule has 1 aliphatic rings. The van der Waals surface area contributed by atoms with Gasteiger partial charge in [0.2, 0.25) is 0 Å². The molecule has 0 spiro atoms. The third kappa shape index (κ3) is 3.89. The van der Waals surface area contributed by atoms with E-state index in [-0.39, 0.29) is 5.82 Å². The van der Waals surface area contributed by atoms with Gasteiger partial charge in [-0.3, -0.25) is 0 Å². The highest BCUT2D eigenvalue weighted by atomic mass is 19.1. The molecule has 1 saturated carbocycles. The molecule has 0 aromatic heterocycles. The van der Waals surface area contributed by atoms with Crippen molar-refractivity contribution < 1.29 is 9.13 Å². The number of methoxy groups -OCH3 is 1. The molecule has 1 nitrogen and oxygen atoms in total. The van der Waals surface area contributed by atoms with Crippen LogP contribution < -0.4 is 4.74 Å². The summed E-state index contributed by atoms with van der Waals surface area (Å²) in [5, 5.41) is 0. The van der Waals surface area contributed by atoms with Crippen molar-refractivity contribution >= 4 is 0 Å². The van der Waals surface area contributed by atoms with Crippen molar-refractivity contribution in [2.24, 2.45) is 11.8 Å². The van der Waals surface area contributed by atoms with E-state index in [1.165, 1.54) is 36.5 Å². The first kappa shape index (κ1) is 18.0. The van der Waals surface area contributed by atoms with Crippen molar-refractivity contribution in [1.82, 2.24) is 0 Å². The lowest BCUT2D eigenvalue weighted by atomic mass is 9.83. The van der Waals surface area contributed by atoms with Gasteiger partial charge in [0.05, 0.1) is 7.11 Å². The molecule has 0 heterocycles. The van der Waals surface area contributed by atoms with Crippen LogP contribution in [0.15, 0.2) is 36.4 Å². The summed E-state index contributed by atoms with van der Waals surface area (Å²) in [6.45, 7) is 6.82. The highest BCUT2D eigenvalue weighted by molar-refractivity contribution is 5.71. The van der Waals surface area contributed by atoms with Crippen LogP contribution in [0.4, 0.5) is 4.39 Å². The highest BCUT2D eigenvalue weighted by Gasteiger charge is 2.28. The number of hydrogen-bond donors (Lipinski definition) is 0. The maximum absolute atomic E-state index is 14.6. The quantitative estimate of drug-likeness (QED) is 0.595. The van der Waals surface area contributed by atoms with E-state index in [4.69, 9.17) is 4.74 Å². The lowest BCUT2D eigenvalue weighted by Gasteiger charge is -2.22. The molecule has 2 aromatic carbocycles. The molecule has 0 unspecified atom stereocenters. The van der Waals surface area contributed by atoms with Crippen molar-refractivity contribution in [3.63, 3.8) is 0 Å². The number of rotatable bonds is 5. The van der Waals surface area contributed by atoms with Crippen molar-refractivity contribution in [3.8, 4) is 16.9 Å². The van der Waals surface area contributed by atoms with Crippen molar-refractivity contribution in [2.45, 2.75) is 52.4 Å². The third-order valence-corrected chi connectivity index (χ3v) is 5.48. The number of hydrogen-bond acceptors (Lipinski definition) is 1. The zero-order valence-electron chi connectivity index (χ0n) is 15.8. The van der Waals surface area contributed by atoms with E-state index in [1.54, 1.807) is 13.2 Å². The molecular formula is C23H29FO. The van der Waals surface area contributed by atoms with Crippen LogP contribution in [0.2, 0.25) is 0 Å². The first-order valence-electron chi connectivity index (χ1n) is 9.46. The second kappa shape index (κ2) is 7.59. The minimum Gasteiger partial charge on any atom is -0.497 e. The molecular weight excluding hydrogens is 311 g/mol. The average Bonchev–Trinajstić information content (AvgIpc) is 3.01. The molecule has 1 fully saturated rings. The van der Waals surface area contributed by atoms with Gasteiger partial charge in [0.15, 0.2) is 0 Å². The predicted octanol–water partition coefficient (Wildman–Crippen LogP) is 6.60. The summed E-state index contributed by atoms with van der Waals surface area (Å²) in [5.41, 5.74) is 4.36. The Bertz CT molecular complexity index is 735. The lowest BCUT2D eigenvalue weighted by Crippen LogP contribution is -2.06. The van der Waals surface area contributed by atoms with E-state index in [1.807, 2.05) is 6.07 Å². The Morgan fingerprint density at radius 2 is 1.88 bits per heavy atom. The average molecular weight is 340 g/mol. The molecule has 1 aliphatic carbocycles. The minimum absolute atomic E-state index is 0.177. The van der Waals surface area contributed by atoms with Crippen LogP contribution in [0.1, 0.15) is 57.1 Å². The fraction of sp³-hybridized carbons (Fsp3) is 0.478. The van der Waals surface area contributed by atoms with Gasteiger partial charge in [-0.25, -0.2) is 4.39 Å². The van der Waals surface area contributed by atoms with E-state index in [0.29, 0.717) is 29.1 Å². The monoisotopic (exact) mass is 340 g/mol. The Balaban J connectivity index is 2.12. The van der Waals surface area contributed by atoms with Crippen LogP contribution in [0.3, 0.4) is 0 Å². The topological polar surface area (TPSA) is 9.23 Å². The van der Waals surface area contributed by atoms with Crippen LogP contribution in [0.25, 0.3) is 11.1 Å². The summed E-state index contributed by atoms with van der Waals surface area (Å²) >= 11 is 0. The summed E-state index contributed by atoms with van der Waals surface area (Å²) < 4.78 is 19.9. The fourth-order valence-electron chi connectivity index (χ4n) is 4.21. The molecule has 0 saturated heterocycles.